The zero-order chi connectivity index (χ0) is 16.2. The summed E-state index contributed by atoms with van der Waals surface area (Å²) in [6, 6.07) is 11.7. The van der Waals surface area contributed by atoms with E-state index in [1.165, 1.54) is 12.1 Å². The molecule has 2 aromatic rings. The van der Waals surface area contributed by atoms with Gasteiger partial charge in [-0.1, -0.05) is 30.3 Å². The molecule has 1 saturated heterocycles. The van der Waals surface area contributed by atoms with Crippen molar-refractivity contribution in [3.05, 3.63) is 59.2 Å². The summed E-state index contributed by atoms with van der Waals surface area (Å²) in [6.07, 6.45) is 0.396. The minimum absolute atomic E-state index is 0.00243. The number of morpholine rings is 1. The van der Waals surface area contributed by atoms with Crippen LogP contribution in [0, 0.1) is 0 Å². The molecule has 5 heteroatoms. The highest BCUT2D eigenvalue weighted by atomic mass is 16.5. The largest absolute Gasteiger partial charge is 0.508 e. The first-order chi connectivity index (χ1) is 11.2. The molecule has 3 N–H and O–H groups in total. The fraction of sp³-hybridized carbons (Fsp3) is 0.278. The van der Waals surface area contributed by atoms with Gasteiger partial charge < -0.3 is 20.3 Å². The Bertz CT molecular complexity index is 694. The van der Waals surface area contributed by atoms with Gasteiger partial charge in [-0.25, -0.2) is 0 Å². The number of ketones is 1. The predicted octanol–water partition coefficient (Wildman–Crippen LogP) is 1.86. The second kappa shape index (κ2) is 6.81. The Hall–Kier alpha value is -2.37. The van der Waals surface area contributed by atoms with Crippen LogP contribution in [-0.4, -0.2) is 41.8 Å². The van der Waals surface area contributed by atoms with Crippen molar-refractivity contribution in [1.29, 1.82) is 0 Å². The van der Waals surface area contributed by atoms with Crippen molar-refractivity contribution < 1.29 is 19.7 Å². The first-order valence-corrected chi connectivity index (χ1v) is 7.61. The number of hydrogen-bond donors (Lipinski definition) is 3. The Morgan fingerprint density at radius 1 is 1.17 bits per heavy atom. The van der Waals surface area contributed by atoms with E-state index < -0.39 is 0 Å². The molecular weight excluding hydrogens is 294 g/mol. The molecule has 0 aliphatic carbocycles. The topological polar surface area (TPSA) is 78.8 Å². The number of hydrogen-bond acceptors (Lipinski definition) is 5. The second-order valence-corrected chi connectivity index (χ2v) is 5.58. The predicted molar refractivity (Wildman–Crippen MR) is 86.0 cm³/mol. The highest BCUT2D eigenvalue weighted by molar-refractivity contribution is 6.11. The van der Waals surface area contributed by atoms with Gasteiger partial charge in [-0.05, 0) is 18.6 Å². The number of carbonyl (C=O) groups excluding carboxylic acids is 1. The Labute approximate surface area is 134 Å². The van der Waals surface area contributed by atoms with Crippen LogP contribution in [0.3, 0.4) is 0 Å². The fourth-order valence-corrected chi connectivity index (χ4v) is 2.75. The zero-order valence-electron chi connectivity index (χ0n) is 12.7. The highest BCUT2D eigenvalue weighted by Crippen LogP contribution is 2.33. The molecule has 120 valence electrons. The number of ether oxygens (including phenoxy) is 1. The summed E-state index contributed by atoms with van der Waals surface area (Å²) in [5.74, 6) is -0.442. The monoisotopic (exact) mass is 313 g/mol. The lowest BCUT2D eigenvalue weighted by Gasteiger charge is -2.24. The molecule has 23 heavy (non-hydrogen) atoms. The maximum Gasteiger partial charge on any atom is 0.196 e. The molecule has 0 aromatic heterocycles. The summed E-state index contributed by atoms with van der Waals surface area (Å²) in [5.41, 5.74) is 1.06. The van der Waals surface area contributed by atoms with E-state index in [9.17, 15) is 15.0 Å². The van der Waals surface area contributed by atoms with Crippen LogP contribution in [0.15, 0.2) is 42.5 Å². The number of phenolic OH excluding ortho intramolecular Hbond substituents is 2. The second-order valence-electron chi connectivity index (χ2n) is 5.58. The summed E-state index contributed by atoms with van der Waals surface area (Å²) < 4.78 is 5.39. The number of nitrogens with one attached hydrogen (secondary N) is 1. The van der Waals surface area contributed by atoms with E-state index in [0.717, 1.165) is 6.54 Å². The lowest BCUT2D eigenvalue weighted by atomic mass is 9.96. The Balaban J connectivity index is 1.90. The summed E-state index contributed by atoms with van der Waals surface area (Å²) in [7, 11) is 0. The van der Waals surface area contributed by atoms with Gasteiger partial charge in [0, 0.05) is 23.7 Å². The molecule has 1 atom stereocenters. The van der Waals surface area contributed by atoms with Crippen LogP contribution in [0.5, 0.6) is 11.5 Å². The number of benzene rings is 2. The van der Waals surface area contributed by atoms with Gasteiger partial charge in [0.2, 0.25) is 0 Å². The van der Waals surface area contributed by atoms with Crippen molar-refractivity contribution in [3.63, 3.8) is 0 Å². The Morgan fingerprint density at radius 3 is 2.65 bits per heavy atom. The maximum absolute atomic E-state index is 12.5. The van der Waals surface area contributed by atoms with Gasteiger partial charge >= 0.3 is 0 Å². The van der Waals surface area contributed by atoms with Crippen molar-refractivity contribution in [2.45, 2.75) is 12.5 Å². The van der Waals surface area contributed by atoms with Crippen LogP contribution in [-0.2, 0) is 11.2 Å². The van der Waals surface area contributed by atoms with Crippen LogP contribution in [0.2, 0.25) is 0 Å². The van der Waals surface area contributed by atoms with Gasteiger partial charge in [0.25, 0.3) is 0 Å². The third-order valence-corrected chi connectivity index (χ3v) is 3.99. The van der Waals surface area contributed by atoms with E-state index in [1.807, 2.05) is 6.07 Å². The highest BCUT2D eigenvalue weighted by Gasteiger charge is 2.22. The van der Waals surface area contributed by atoms with Crippen molar-refractivity contribution in [3.8, 4) is 11.5 Å². The molecule has 0 bridgehead atoms. The van der Waals surface area contributed by atoms with Crippen molar-refractivity contribution in [2.75, 3.05) is 19.8 Å². The molecule has 0 spiro atoms. The van der Waals surface area contributed by atoms with Crippen LogP contribution >= 0.6 is 0 Å². The quantitative estimate of drug-likeness (QED) is 0.751. The summed E-state index contributed by atoms with van der Waals surface area (Å²) in [5, 5.41) is 23.8. The Morgan fingerprint density at radius 2 is 1.96 bits per heavy atom. The summed E-state index contributed by atoms with van der Waals surface area (Å²) >= 11 is 0. The van der Waals surface area contributed by atoms with Crippen LogP contribution in [0.4, 0.5) is 0 Å². The maximum atomic E-state index is 12.5. The lowest BCUT2D eigenvalue weighted by Crippen LogP contribution is -2.42. The Kier molecular flexibility index (Phi) is 4.60. The molecule has 5 nitrogen and oxygen atoms in total. The smallest absolute Gasteiger partial charge is 0.196 e. The molecule has 0 amide bonds. The minimum Gasteiger partial charge on any atom is -0.508 e. The standard InChI is InChI=1S/C18H19NO4/c20-16-7-6-14(17(21)12-4-2-1-3-5-12)18(22)15(16)10-13-11-23-9-8-19-13/h1-7,13,19-20,22H,8-11H2. The molecule has 0 radical (unpaired) electrons. The molecule has 1 fully saturated rings. The van der Waals surface area contributed by atoms with Gasteiger partial charge in [-0.15, -0.1) is 0 Å². The average molecular weight is 313 g/mol. The van der Waals surface area contributed by atoms with Gasteiger partial charge in [0.15, 0.2) is 5.78 Å². The summed E-state index contributed by atoms with van der Waals surface area (Å²) in [6.45, 7) is 1.89. The molecule has 2 aromatic carbocycles. The molecule has 1 aliphatic heterocycles. The van der Waals surface area contributed by atoms with E-state index in [4.69, 9.17) is 4.74 Å². The lowest BCUT2D eigenvalue weighted by molar-refractivity contribution is 0.0766. The van der Waals surface area contributed by atoms with Gasteiger partial charge in [0.05, 0.1) is 18.8 Å². The molecule has 3 rings (SSSR count). The molecule has 1 heterocycles. The normalized spacial score (nSPS) is 17.8. The zero-order valence-corrected chi connectivity index (χ0v) is 12.7. The third kappa shape index (κ3) is 3.36. The average Bonchev–Trinajstić information content (AvgIpc) is 2.60. The van der Waals surface area contributed by atoms with Crippen LogP contribution < -0.4 is 5.32 Å². The number of rotatable bonds is 4. The molecule has 0 saturated carbocycles. The number of phenols is 2. The third-order valence-electron chi connectivity index (χ3n) is 3.99. The summed E-state index contributed by atoms with van der Waals surface area (Å²) in [4.78, 5) is 12.5. The van der Waals surface area contributed by atoms with Crippen molar-refractivity contribution in [2.24, 2.45) is 0 Å². The van der Waals surface area contributed by atoms with E-state index in [1.54, 1.807) is 24.3 Å². The minimum atomic E-state index is -0.266. The van der Waals surface area contributed by atoms with E-state index in [2.05, 4.69) is 5.32 Å². The van der Waals surface area contributed by atoms with Crippen molar-refractivity contribution in [1.82, 2.24) is 5.32 Å². The van der Waals surface area contributed by atoms with Crippen LogP contribution in [0.1, 0.15) is 21.5 Å². The fourth-order valence-electron chi connectivity index (χ4n) is 2.75. The van der Waals surface area contributed by atoms with E-state index in [0.29, 0.717) is 30.8 Å². The van der Waals surface area contributed by atoms with Crippen molar-refractivity contribution >= 4 is 5.78 Å². The van der Waals surface area contributed by atoms with E-state index in [-0.39, 0.29) is 28.9 Å². The number of aromatic hydroxyl groups is 2. The van der Waals surface area contributed by atoms with E-state index >= 15 is 0 Å². The van der Waals surface area contributed by atoms with Gasteiger partial charge in [-0.2, -0.15) is 0 Å². The SMILES string of the molecule is O=C(c1ccccc1)c1ccc(O)c(CC2COCCN2)c1O. The first-order valence-electron chi connectivity index (χ1n) is 7.61. The molecular formula is C18H19NO4. The number of carbonyl (C=O) groups is 1. The first kappa shape index (κ1) is 15.5. The van der Waals surface area contributed by atoms with Gasteiger partial charge in [0.1, 0.15) is 11.5 Å². The van der Waals surface area contributed by atoms with Crippen LogP contribution in [0.25, 0.3) is 0 Å². The van der Waals surface area contributed by atoms with Gasteiger partial charge in [-0.3, -0.25) is 4.79 Å². The molecule has 1 aliphatic rings. The molecule has 1 unspecified atom stereocenters.